The molecule has 4 nitrogen and oxygen atoms in total. The van der Waals surface area contributed by atoms with Crippen LogP contribution in [0.5, 0.6) is 0 Å². The molecule has 0 unspecified atom stereocenters. The molecule has 2 N–H and O–H groups in total. The number of rotatable bonds is 2. The van der Waals surface area contributed by atoms with Gasteiger partial charge < -0.3 is 10.3 Å². The number of benzene rings is 1. The summed E-state index contributed by atoms with van der Waals surface area (Å²) in [6.07, 6.45) is 1.28. The van der Waals surface area contributed by atoms with Gasteiger partial charge in [-0.1, -0.05) is 11.6 Å². The average molecular weight is 366 g/mol. The van der Waals surface area contributed by atoms with Crippen LogP contribution in [-0.2, 0) is 0 Å². The molecule has 0 radical (unpaired) electrons. The first-order valence-electron chi connectivity index (χ1n) is 4.53. The fraction of sp³-hybridized carbons (Fsp3) is 0. The molecule has 88 valence electrons. The molecule has 0 saturated carbocycles. The number of nitrogens with zero attached hydrogens (tertiary/aromatic N) is 1. The van der Waals surface area contributed by atoms with E-state index >= 15 is 0 Å². The number of halogens is 3. The summed E-state index contributed by atoms with van der Waals surface area (Å²) in [5, 5.41) is 3.10. The van der Waals surface area contributed by atoms with Gasteiger partial charge in [-0.05, 0) is 40.8 Å². The van der Waals surface area contributed by atoms with Crippen molar-refractivity contribution in [1.29, 1.82) is 0 Å². The minimum atomic E-state index is -0.422. The summed E-state index contributed by atoms with van der Waals surface area (Å²) in [6, 6.07) is 3.94. The third-order valence-corrected chi connectivity index (χ3v) is 3.29. The smallest absolute Gasteiger partial charge is 0.266 e. The van der Waals surface area contributed by atoms with Gasteiger partial charge in [0.15, 0.2) is 5.82 Å². The summed E-state index contributed by atoms with van der Waals surface area (Å²) in [7, 11) is 0. The van der Waals surface area contributed by atoms with Gasteiger partial charge in [-0.2, -0.15) is 0 Å². The number of hydrogen-bond acceptors (Lipinski definition) is 3. The second kappa shape index (κ2) is 5.01. The van der Waals surface area contributed by atoms with Crippen LogP contribution in [0.2, 0.25) is 5.02 Å². The largest absolute Gasteiger partial charge is 0.338 e. The normalized spacial score (nSPS) is 10.3. The lowest BCUT2D eigenvalue weighted by Crippen LogP contribution is -2.13. The first-order valence-corrected chi connectivity index (χ1v) is 5.99. The highest BCUT2D eigenvalue weighted by Crippen LogP contribution is 2.26. The van der Waals surface area contributed by atoms with Crippen LogP contribution >= 0.6 is 34.2 Å². The van der Waals surface area contributed by atoms with Gasteiger partial charge >= 0.3 is 0 Å². The molecule has 7 heteroatoms. The molecule has 0 spiro atoms. The maximum atomic E-state index is 12.8. The maximum absolute atomic E-state index is 12.8. The van der Waals surface area contributed by atoms with Gasteiger partial charge in [0.1, 0.15) is 9.39 Å². The minimum Gasteiger partial charge on any atom is -0.338 e. The van der Waals surface area contributed by atoms with Crippen LogP contribution in [0.1, 0.15) is 0 Å². The van der Waals surface area contributed by atoms with Gasteiger partial charge in [-0.25, -0.2) is 9.37 Å². The van der Waals surface area contributed by atoms with Crippen molar-refractivity contribution in [1.82, 2.24) is 9.97 Å². The Balaban J connectivity index is 2.38. The Kier molecular flexibility index (Phi) is 3.63. The van der Waals surface area contributed by atoms with E-state index in [1.165, 1.54) is 24.5 Å². The molecule has 1 aromatic carbocycles. The summed E-state index contributed by atoms with van der Waals surface area (Å²) in [6.45, 7) is 0. The van der Waals surface area contributed by atoms with Gasteiger partial charge in [0, 0.05) is 0 Å². The van der Waals surface area contributed by atoms with Crippen LogP contribution in [0.3, 0.4) is 0 Å². The molecule has 0 bridgehead atoms. The van der Waals surface area contributed by atoms with Crippen molar-refractivity contribution in [2.75, 3.05) is 5.32 Å². The molecule has 0 aliphatic rings. The highest BCUT2D eigenvalue weighted by atomic mass is 127. The number of nitrogens with one attached hydrogen (secondary N) is 2. The van der Waals surface area contributed by atoms with Crippen molar-refractivity contribution >= 4 is 45.7 Å². The zero-order chi connectivity index (χ0) is 12.4. The Morgan fingerprint density at radius 1 is 1.47 bits per heavy atom. The molecule has 0 amide bonds. The number of anilines is 2. The van der Waals surface area contributed by atoms with Gasteiger partial charge in [0.25, 0.3) is 5.56 Å². The average Bonchev–Trinajstić information content (AvgIpc) is 2.28. The second-order valence-electron chi connectivity index (χ2n) is 3.14. The highest BCUT2D eigenvalue weighted by molar-refractivity contribution is 14.1. The van der Waals surface area contributed by atoms with Gasteiger partial charge in [-0.3, -0.25) is 4.79 Å². The van der Waals surface area contributed by atoms with Crippen molar-refractivity contribution in [3.8, 4) is 0 Å². The van der Waals surface area contributed by atoms with Crippen molar-refractivity contribution in [3.63, 3.8) is 0 Å². The quantitative estimate of drug-likeness (QED) is 0.805. The molecule has 1 aromatic heterocycles. The lowest BCUT2D eigenvalue weighted by Gasteiger charge is -2.08. The molecule has 2 aromatic rings. The van der Waals surface area contributed by atoms with Crippen LogP contribution in [0.15, 0.2) is 29.3 Å². The van der Waals surface area contributed by atoms with Crippen LogP contribution in [-0.4, -0.2) is 9.97 Å². The topological polar surface area (TPSA) is 57.8 Å². The lowest BCUT2D eigenvalue weighted by atomic mass is 10.3. The lowest BCUT2D eigenvalue weighted by molar-refractivity contribution is 0.628. The van der Waals surface area contributed by atoms with E-state index in [2.05, 4.69) is 15.3 Å². The van der Waals surface area contributed by atoms with E-state index in [1.807, 2.05) is 22.6 Å². The summed E-state index contributed by atoms with van der Waals surface area (Å²) in [4.78, 5) is 17.7. The maximum Gasteiger partial charge on any atom is 0.266 e. The summed E-state index contributed by atoms with van der Waals surface area (Å²) < 4.78 is 13.3. The molecule has 17 heavy (non-hydrogen) atoms. The SMILES string of the molecule is O=c1[nH]cnc(Nc2ccc(F)cc2Cl)c1I. The van der Waals surface area contributed by atoms with E-state index in [9.17, 15) is 9.18 Å². The van der Waals surface area contributed by atoms with E-state index in [1.54, 1.807) is 0 Å². The molecule has 1 heterocycles. The van der Waals surface area contributed by atoms with Gasteiger partial charge in [0.05, 0.1) is 17.0 Å². The van der Waals surface area contributed by atoms with Crippen molar-refractivity contribution < 1.29 is 4.39 Å². The molecule has 2 rings (SSSR count). The number of aromatic amines is 1. The molecule has 0 aliphatic heterocycles. The van der Waals surface area contributed by atoms with E-state index in [0.717, 1.165) is 0 Å². The van der Waals surface area contributed by atoms with Crippen LogP contribution in [0.25, 0.3) is 0 Å². The monoisotopic (exact) mass is 365 g/mol. The molecule has 0 atom stereocenters. The standard InChI is InChI=1S/C10H6ClFIN3O/c11-6-3-5(12)1-2-7(6)16-9-8(13)10(17)15-4-14-9/h1-4H,(H2,14,15,16,17). The Hall–Kier alpha value is -1.15. The Bertz CT molecular complexity index is 617. The second-order valence-corrected chi connectivity index (χ2v) is 4.63. The Labute approximate surface area is 114 Å². The molecule has 0 saturated heterocycles. The first kappa shape index (κ1) is 12.3. The molecule has 0 aliphatic carbocycles. The van der Waals surface area contributed by atoms with E-state index in [-0.39, 0.29) is 10.6 Å². The third kappa shape index (κ3) is 2.75. The minimum absolute atomic E-state index is 0.225. The Morgan fingerprint density at radius 3 is 2.94 bits per heavy atom. The Morgan fingerprint density at radius 2 is 2.24 bits per heavy atom. The van der Waals surface area contributed by atoms with Crippen LogP contribution < -0.4 is 10.9 Å². The predicted octanol–water partition coefficient (Wildman–Crippen LogP) is 2.91. The van der Waals surface area contributed by atoms with Gasteiger partial charge in [0.2, 0.25) is 0 Å². The van der Waals surface area contributed by atoms with Crippen LogP contribution in [0, 0.1) is 9.39 Å². The van der Waals surface area contributed by atoms with E-state index in [0.29, 0.717) is 15.1 Å². The number of H-pyrrole nitrogens is 1. The summed E-state index contributed by atoms with van der Waals surface area (Å²) in [5.41, 5.74) is 0.241. The van der Waals surface area contributed by atoms with Gasteiger partial charge in [-0.15, -0.1) is 0 Å². The predicted molar refractivity (Wildman–Crippen MR) is 72.3 cm³/mol. The number of aromatic nitrogens is 2. The van der Waals surface area contributed by atoms with Crippen molar-refractivity contribution in [3.05, 3.63) is 49.3 Å². The number of hydrogen-bond donors (Lipinski definition) is 2. The van der Waals surface area contributed by atoms with E-state index in [4.69, 9.17) is 11.6 Å². The molecular formula is C10H6ClFIN3O. The molecule has 0 fully saturated rings. The first-order chi connectivity index (χ1) is 8.08. The van der Waals surface area contributed by atoms with Crippen molar-refractivity contribution in [2.45, 2.75) is 0 Å². The zero-order valence-electron chi connectivity index (χ0n) is 8.30. The van der Waals surface area contributed by atoms with Crippen LogP contribution in [0.4, 0.5) is 15.9 Å². The fourth-order valence-electron chi connectivity index (χ4n) is 1.19. The fourth-order valence-corrected chi connectivity index (χ4v) is 1.83. The highest BCUT2D eigenvalue weighted by Gasteiger charge is 2.08. The van der Waals surface area contributed by atoms with E-state index < -0.39 is 5.82 Å². The molecular weight excluding hydrogens is 359 g/mol. The summed E-state index contributed by atoms with van der Waals surface area (Å²) in [5.74, 6) is -0.0445. The summed E-state index contributed by atoms with van der Waals surface area (Å²) >= 11 is 7.72. The zero-order valence-corrected chi connectivity index (χ0v) is 11.2. The third-order valence-electron chi connectivity index (χ3n) is 1.98. The van der Waals surface area contributed by atoms with Crippen molar-refractivity contribution in [2.24, 2.45) is 0 Å².